The Morgan fingerprint density at radius 2 is 1.70 bits per heavy atom. The third-order valence-corrected chi connectivity index (χ3v) is 3.83. The molecule has 0 heterocycles. The van der Waals surface area contributed by atoms with E-state index in [4.69, 9.17) is 4.74 Å². The van der Waals surface area contributed by atoms with Crippen LogP contribution in [0, 0.1) is 5.41 Å². The molecule has 0 fully saturated rings. The summed E-state index contributed by atoms with van der Waals surface area (Å²) in [5.74, 6) is 0.508. The summed E-state index contributed by atoms with van der Waals surface area (Å²) in [5, 5.41) is 12.7. The Morgan fingerprint density at radius 1 is 1.13 bits per heavy atom. The maximum atomic E-state index is 11.8. The van der Waals surface area contributed by atoms with Crippen LogP contribution >= 0.6 is 0 Å². The fourth-order valence-electron chi connectivity index (χ4n) is 2.03. The molecule has 0 aromatic heterocycles. The number of rotatable bonds is 6. The molecule has 130 valence electrons. The van der Waals surface area contributed by atoms with Gasteiger partial charge in [0.1, 0.15) is 5.75 Å². The minimum Gasteiger partial charge on any atom is -0.484 e. The van der Waals surface area contributed by atoms with Gasteiger partial charge in [-0.15, -0.1) is 0 Å². The van der Waals surface area contributed by atoms with Crippen molar-refractivity contribution in [3.8, 4) is 5.75 Å². The van der Waals surface area contributed by atoms with Crippen molar-refractivity contribution >= 4 is 5.91 Å². The Hall–Kier alpha value is -1.55. The fourth-order valence-corrected chi connectivity index (χ4v) is 2.03. The molecule has 23 heavy (non-hydrogen) atoms. The van der Waals surface area contributed by atoms with E-state index in [2.05, 4.69) is 26.1 Å². The molecule has 1 unspecified atom stereocenters. The topological polar surface area (TPSA) is 58.6 Å². The zero-order valence-corrected chi connectivity index (χ0v) is 15.3. The number of hydrogen-bond donors (Lipinski definition) is 2. The highest BCUT2D eigenvalue weighted by Gasteiger charge is 2.21. The van der Waals surface area contributed by atoms with Crippen LogP contribution in [-0.4, -0.2) is 30.3 Å². The molecule has 1 atom stereocenters. The van der Waals surface area contributed by atoms with E-state index >= 15 is 0 Å². The summed E-state index contributed by atoms with van der Waals surface area (Å²) < 4.78 is 5.49. The molecule has 0 radical (unpaired) electrons. The maximum absolute atomic E-state index is 11.8. The van der Waals surface area contributed by atoms with Crippen molar-refractivity contribution in [2.75, 3.05) is 13.2 Å². The number of benzene rings is 1. The Kier molecular flexibility index (Phi) is 6.63. The van der Waals surface area contributed by atoms with E-state index in [0.717, 1.165) is 0 Å². The van der Waals surface area contributed by atoms with Crippen LogP contribution in [0.2, 0.25) is 0 Å². The van der Waals surface area contributed by atoms with E-state index in [0.29, 0.717) is 18.7 Å². The Labute approximate surface area is 140 Å². The van der Waals surface area contributed by atoms with Gasteiger partial charge < -0.3 is 15.2 Å². The second-order valence-electron chi connectivity index (χ2n) is 8.08. The van der Waals surface area contributed by atoms with Crippen molar-refractivity contribution < 1.29 is 14.6 Å². The van der Waals surface area contributed by atoms with Gasteiger partial charge in [-0.3, -0.25) is 4.79 Å². The van der Waals surface area contributed by atoms with Gasteiger partial charge in [0.15, 0.2) is 6.61 Å². The lowest BCUT2D eigenvalue weighted by Crippen LogP contribution is -2.34. The van der Waals surface area contributed by atoms with Gasteiger partial charge in [-0.05, 0) is 34.9 Å². The molecule has 4 nitrogen and oxygen atoms in total. The number of carbonyl (C=O) groups is 1. The number of amides is 1. The molecule has 4 heteroatoms. The second-order valence-corrected chi connectivity index (χ2v) is 8.08. The number of carbonyl (C=O) groups excluding carboxylic acids is 1. The van der Waals surface area contributed by atoms with Crippen molar-refractivity contribution in [3.05, 3.63) is 29.8 Å². The molecule has 0 aliphatic rings. The van der Waals surface area contributed by atoms with Crippen LogP contribution in [0.15, 0.2) is 24.3 Å². The number of hydrogen-bond acceptors (Lipinski definition) is 3. The van der Waals surface area contributed by atoms with Crippen LogP contribution in [-0.2, 0) is 10.2 Å². The number of nitrogens with one attached hydrogen (secondary N) is 1. The van der Waals surface area contributed by atoms with Crippen molar-refractivity contribution in [1.82, 2.24) is 5.32 Å². The van der Waals surface area contributed by atoms with Crippen LogP contribution in [0.5, 0.6) is 5.75 Å². The first-order chi connectivity index (χ1) is 10.5. The first-order valence-electron chi connectivity index (χ1n) is 8.18. The maximum Gasteiger partial charge on any atom is 0.257 e. The Morgan fingerprint density at radius 3 is 2.17 bits per heavy atom. The Bertz CT molecular complexity index is 495. The predicted molar refractivity (Wildman–Crippen MR) is 93.7 cm³/mol. The molecule has 0 saturated carbocycles. The van der Waals surface area contributed by atoms with Gasteiger partial charge in [0.05, 0.1) is 6.10 Å². The molecule has 1 aromatic carbocycles. The summed E-state index contributed by atoms with van der Waals surface area (Å²) in [4.78, 5) is 11.8. The highest BCUT2D eigenvalue weighted by molar-refractivity contribution is 5.77. The molecule has 1 aromatic rings. The fraction of sp³-hybridized carbons (Fsp3) is 0.632. The molecule has 1 amide bonds. The largest absolute Gasteiger partial charge is 0.484 e. The average Bonchev–Trinajstić information content (AvgIpc) is 2.43. The molecule has 0 bridgehead atoms. The minimum atomic E-state index is -0.436. The third kappa shape index (κ3) is 7.04. The highest BCUT2D eigenvalue weighted by atomic mass is 16.5. The van der Waals surface area contributed by atoms with E-state index in [1.807, 2.05) is 45.0 Å². The molecular weight excluding hydrogens is 290 g/mol. The van der Waals surface area contributed by atoms with Crippen LogP contribution in [0.4, 0.5) is 0 Å². The van der Waals surface area contributed by atoms with Gasteiger partial charge >= 0.3 is 0 Å². The van der Waals surface area contributed by atoms with Crippen molar-refractivity contribution in [1.29, 1.82) is 0 Å². The molecule has 0 saturated heterocycles. The van der Waals surface area contributed by atoms with Gasteiger partial charge in [-0.2, -0.15) is 0 Å². The molecule has 1 rings (SSSR count). The highest BCUT2D eigenvalue weighted by Crippen LogP contribution is 2.24. The number of aliphatic hydroxyl groups is 1. The van der Waals surface area contributed by atoms with E-state index < -0.39 is 6.10 Å². The lowest BCUT2D eigenvalue weighted by Gasteiger charge is -2.25. The van der Waals surface area contributed by atoms with Crippen LogP contribution in [0.3, 0.4) is 0 Å². The summed E-state index contributed by atoms with van der Waals surface area (Å²) in [5.41, 5.74) is 1.16. The van der Waals surface area contributed by atoms with E-state index in [1.54, 1.807) is 0 Å². The van der Waals surface area contributed by atoms with E-state index in [1.165, 1.54) is 5.56 Å². The van der Waals surface area contributed by atoms with Crippen LogP contribution in [0.1, 0.15) is 53.5 Å². The lowest BCUT2D eigenvalue weighted by molar-refractivity contribution is -0.123. The summed E-state index contributed by atoms with van der Waals surface area (Å²) >= 11 is 0. The lowest BCUT2D eigenvalue weighted by atomic mass is 9.87. The summed E-state index contributed by atoms with van der Waals surface area (Å²) in [7, 11) is 0. The van der Waals surface area contributed by atoms with Crippen LogP contribution < -0.4 is 10.1 Å². The molecule has 0 aliphatic heterocycles. The molecular formula is C19H31NO3. The zero-order chi connectivity index (χ0) is 17.7. The monoisotopic (exact) mass is 321 g/mol. The van der Waals surface area contributed by atoms with Crippen LogP contribution in [0.25, 0.3) is 0 Å². The molecule has 0 spiro atoms. The molecule has 0 aliphatic carbocycles. The van der Waals surface area contributed by atoms with Crippen molar-refractivity contribution in [3.63, 3.8) is 0 Å². The standard InChI is InChI=1S/C19H31NO3/c1-18(2,3)14-7-9-15(10-8-14)23-13-17(22)20-12-11-16(21)19(4,5)6/h7-10,16,21H,11-13H2,1-6H3,(H,20,22). The van der Waals surface area contributed by atoms with E-state index in [-0.39, 0.29) is 23.3 Å². The van der Waals surface area contributed by atoms with Gasteiger partial charge in [0.25, 0.3) is 5.91 Å². The van der Waals surface area contributed by atoms with Crippen molar-refractivity contribution in [2.45, 2.75) is 59.5 Å². The first kappa shape index (κ1) is 19.5. The normalized spacial score (nSPS) is 13.5. The van der Waals surface area contributed by atoms with Gasteiger partial charge in [0, 0.05) is 6.54 Å². The van der Waals surface area contributed by atoms with Gasteiger partial charge in [-0.1, -0.05) is 53.7 Å². The van der Waals surface area contributed by atoms with Gasteiger partial charge in [0.2, 0.25) is 0 Å². The summed E-state index contributed by atoms with van der Waals surface area (Å²) in [6, 6.07) is 7.81. The summed E-state index contributed by atoms with van der Waals surface area (Å²) in [6.45, 7) is 12.8. The quantitative estimate of drug-likeness (QED) is 0.845. The van der Waals surface area contributed by atoms with Crippen molar-refractivity contribution in [2.24, 2.45) is 5.41 Å². The number of ether oxygens (including phenoxy) is 1. The third-order valence-electron chi connectivity index (χ3n) is 3.83. The van der Waals surface area contributed by atoms with Gasteiger partial charge in [-0.25, -0.2) is 0 Å². The smallest absolute Gasteiger partial charge is 0.257 e. The van der Waals surface area contributed by atoms with E-state index in [9.17, 15) is 9.90 Å². The predicted octanol–water partition coefficient (Wildman–Crippen LogP) is 3.28. The Balaban J connectivity index is 2.34. The summed E-state index contributed by atoms with van der Waals surface area (Å²) in [6.07, 6.45) is 0.101. The SMILES string of the molecule is CC(C)(C)c1ccc(OCC(=O)NCCC(O)C(C)(C)C)cc1. The zero-order valence-electron chi connectivity index (χ0n) is 15.3. The second kappa shape index (κ2) is 7.82. The number of aliphatic hydroxyl groups excluding tert-OH is 1. The molecule has 2 N–H and O–H groups in total. The first-order valence-corrected chi connectivity index (χ1v) is 8.18. The minimum absolute atomic E-state index is 0.0134. The average molecular weight is 321 g/mol.